The molecule has 108 valence electrons. The molecule has 0 aliphatic carbocycles. The quantitative estimate of drug-likeness (QED) is 0.678. The van der Waals surface area contributed by atoms with Gasteiger partial charge in [0.1, 0.15) is 0 Å². The van der Waals surface area contributed by atoms with Crippen LogP contribution in [0.3, 0.4) is 0 Å². The van der Waals surface area contributed by atoms with Crippen molar-refractivity contribution in [2.75, 3.05) is 5.32 Å². The van der Waals surface area contributed by atoms with E-state index in [1.165, 1.54) is 12.1 Å². The van der Waals surface area contributed by atoms with Crippen LogP contribution in [0.4, 0.5) is 18.9 Å². The van der Waals surface area contributed by atoms with Gasteiger partial charge in [-0.05, 0) is 31.9 Å². The Kier molecular flexibility index (Phi) is 6.09. The topological polar surface area (TPSA) is 12.0 Å². The molecule has 0 heterocycles. The van der Waals surface area contributed by atoms with E-state index in [9.17, 15) is 13.2 Å². The van der Waals surface area contributed by atoms with Crippen LogP contribution in [0.2, 0.25) is 15.1 Å². The molecule has 0 bridgehead atoms. The molecule has 1 unspecified atom stereocenters. The lowest BCUT2D eigenvalue weighted by molar-refractivity contribution is -0.135. The first-order valence-electron chi connectivity index (χ1n) is 5.67. The van der Waals surface area contributed by atoms with E-state index < -0.39 is 12.6 Å². The Hall–Kier alpha value is -0.320. The lowest BCUT2D eigenvalue weighted by atomic mass is 10.1. The van der Waals surface area contributed by atoms with Gasteiger partial charge in [-0.2, -0.15) is 13.2 Å². The zero-order valence-electron chi connectivity index (χ0n) is 10.1. The zero-order chi connectivity index (χ0) is 14.6. The number of halogens is 6. The van der Waals surface area contributed by atoms with E-state index in [4.69, 9.17) is 34.8 Å². The fourth-order valence-corrected chi connectivity index (χ4v) is 2.53. The third-order valence-corrected chi connectivity index (χ3v) is 3.31. The summed E-state index contributed by atoms with van der Waals surface area (Å²) in [7, 11) is 0. The molecule has 0 saturated heterocycles. The average molecular weight is 335 g/mol. The minimum absolute atomic E-state index is 0.0560. The molecule has 0 spiro atoms. The fourth-order valence-electron chi connectivity index (χ4n) is 1.61. The van der Waals surface area contributed by atoms with Gasteiger partial charge in [0.2, 0.25) is 0 Å². The second-order valence-corrected chi connectivity index (χ2v) is 5.55. The van der Waals surface area contributed by atoms with E-state index in [0.29, 0.717) is 27.2 Å². The highest BCUT2D eigenvalue weighted by Crippen LogP contribution is 2.34. The monoisotopic (exact) mass is 333 g/mol. The Morgan fingerprint density at radius 1 is 1.16 bits per heavy atom. The highest BCUT2D eigenvalue weighted by Gasteiger charge is 2.26. The van der Waals surface area contributed by atoms with Crippen molar-refractivity contribution in [1.29, 1.82) is 0 Å². The number of hydrogen-bond donors (Lipinski definition) is 1. The van der Waals surface area contributed by atoms with Crippen LogP contribution in [0.5, 0.6) is 0 Å². The summed E-state index contributed by atoms with van der Waals surface area (Å²) >= 11 is 17.7. The maximum Gasteiger partial charge on any atom is 0.389 e. The summed E-state index contributed by atoms with van der Waals surface area (Å²) in [6.07, 6.45) is -4.48. The van der Waals surface area contributed by atoms with Crippen LogP contribution in [0, 0.1) is 0 Å². The Morgan fingerprint density at radius 2 is 1.68 bits per heavy atom. The van der Waals surface area contributed by atoms with Crippen molar-refractivity contribution in [2.45, 2.75) is 38.4 Å². The molecule has 7 heteroatoms. The minimum atomic E-state index is -4.12. The fraction of sp³-hybridized carbons (Fsp3) is 0.500. The number of alkyl halides is 3. The molecule has 0 saturated carbocycles. The van der Waals surface area contributed by atoms with Gasteiger partial charge < -0.3 is 5.32 Å². The second-order valence-electron chi connectivity index (χ2n) is 4.30. The van der Waals surface area contributed by atoms with Crippen LogP contribution in [-0.4, -0.2) is 12.2 Å². The summed E-state index contributed by atoms with van der Waals surface area (Å²) in [5, 5.41) is 4.10. The van der Waals surface area contributed by atoms with Crippen LogP contribution >= 0.6 is 34.8 Å². The highest BCUT2D eigenvalue weighted by molar-refractivity contribution is 6.41. The molecule has 1 aromatic rings. The van der Waals surface area contributed by atoms with Gasteiger partial charge in [-0.25, -0.2) is 0 Å². The van der Waals surface area contributed by atoms with Gasteiger partial charge in [-0.1, -0.05) is 34.8 Å². The number of benzene rings is 1. The molecule has 0 aliphatic heterocycles. The van der Waals surface area contributed by atoms with Crippen molar-refractivity contribution in [1.82, 2.24) is 0 Å². The Bertz CT molecular complexity index is 412. The molecule has 1 nitrogen and oxygen atoms in total. The van der Waals surface area contributed by atoms with Crippen LogP contribution in [0.1, 0.15) is 26.2 Å². The summed E-state index contributed by atoms with van der Waals surface area (Å²) < 4.78 is 36.1. The van der Waals surface area contributed by atoms with E-state index in [1.54, 1.807) is 6.92 Å². The highest BCUT2D eigenvalue weighted by atomic mass is 35.5. The van der Waals surface area contributed by atoms with E-state index in [2.05, 4.69) is 5.32 Å². The molecule has 0 radical (unpaired) electrons. The first kappa shape index (κ1) is 16.7. The largest absolute Gasteiger partial charge is 0.389 e. The first-order chi connectivity index (χ1) is 8.69. The van der Waals surface area contributed by atoms with E-state index >= 15 is 0 Å². The lowest BCUT2D eigenvalue weighted by Gasteiger charge is -2.18. The van der Waals surface area contributed by atoms with Gasteiger partial charge in [-0.3, -0.25) is 0 Å². The Balaban J connectivity index is 2.55. The zero-order valence-corrected chi connectivity index (χ0v) is 12.4. The van der Waals surface area contributed by atoms with Crippen LogP contribution in [0.15, 0.2) is 12.1 Å². The summed E-state index contributed by atoms with van der Waals surface area (Å²) in [4.78, 5) is 0. The molecule has 1 rings (SSSR count). The van der Waals surface area contributed by atoms with E-state index in [1.807, 2.05) is 0 Å². The van der Waals surface area contributed by atoms with Gasteiger partial charge in [0.25, 0.3) is 0 Å². The molecular weight excluding hydrogens is 321 g/mol. The molecule has 19 heavy (non-hydrogen) atoms. The third kappa shape index (κ3) is 6.11. The summed E-state index contributed by atoms with van der Waals surface area (Å²) in [6.45, 7) is 1.78. The Morgan fingerprint density at radius 3 is 2.16 bits per heavy atom. The predicted molar refractivity (Wildman–Crippen MR) is 74.5 cm³/mol. The summed E-state index contributed by atoms with van der Waals surface area (Å²) in [5.41, 5.74) is 0.493. The van der Waals surface area contributed by atoms with Crippen molar-refractivity contribution in [3.63, 3.8) is 0 Å². The molecule has 0 amide bonds. The second kappa shape index (κ2) is 6.91. The van der Waals surface area contributed by atoms with Crippen molar-refractivity contribution >= 4 is 40.5 Å². The van der Waals surface area contributed by atoms with Gasteiger partial charge in [-0.15, -0.1) is 0 Å². The number of anilines is 1. The molecule has 0 aliphatic rings. The first-order valence-corrected chi connectivity index (χ1v) is 6.80. The molecule has 0 aromatic heterocycles. The van der Waals surface area contributed by atoms with Crippen LogP contribution in [0.25, 0.3) is 0 Å². The molecular formula is C12H13Cl3F3N. The van der Waals surface area contributed by atoms with Gasteiger partial charge in [0.05, 0.1) is 15.7 Å². The number of nitrogens with one attached hydrogen (secondary N) is 1. The summed E-state index contributed by atoms with van der Waals surface area (Å²) in [6, 6.07) is 2.89. The normalized spacial score (nSPS) is 13.4. The molecule has 0 fully saturated rings. The molecule has 1 N–H and O–H groups in total. The standard InChI is InChI=1S/C12H13Cl3F3N/c1-7(3-2-4-12(16,17)18)19-11-9(14)5-8(13)6-10(11)15/h5-7,19H,2-4H2,1H3. The van der Waals surface area contributed by atoms with Gasteiger partial charge in [0, 0.05) is 17.5 Å². The summed E-state index contributed by atoms with van der Waals surface area (Å²) in [5.74, 6) is 0. The van der Waals surface area contributed by atoms with E-state index in [0.717, 1.165) is 0 Å². The average Bonchev–Trinajstić information content (AvgIpc) is 2.21. The number of rotatable bonds is 5. The lowest BCUT2D eigenvalue weighted by Crippen LogP contribution is -2.17. The van der Waals surface area contributed by atoms with Crippen molar-refractivity contribution < 1.29 is 13.2 Å². The van der Waals surface area contributed by atoms with Gasteiger partial charge in [0.15, 0.2) is 0 Å². The van der Waals surface area contributed by atoms with Crippen LogP contribution < -0.4 is 5.32 Å². The smallest absolute Gasteiger partial charge is 0.380 e. The predicted octanol–water partition coefficient (Wildman–Crippen LogP) is 6.18. The Labute approximate surface area is 125 Å². The van der Waals surface area contributed by atoms with Crippen molar-refractivity contribution in [3.8, 4) is 0 Å². The third-order valence-electron chi connectivity index (χ3n) is 2.50. The number of hydrogen-bond acceptors (Lipinski definition) is 1. The molecule has 1 aromatic carbocycles. The van der Waals surface area contributed by atoms with Crippen molar-refractivity contribution in [2.24, 2.45) is 0 Å². The minimum Gasteiger partial charge on any atom is -0.380 e. The van der Waals surface area contributed by atoms with Crippen LogP contribution in [-0.2, 0) is 0 Å². The SMILES string of the molecule is CC(CCCC(F)(F)F)Nc1c(Cl)cc(Cl)cc1Cl. The van der Waals surface area contributed by atoms with Crippen molar-refractivity contribution in [3.05, 3.63) is 27.2 Å². The maximum absolute atomic E-state index is 12.0. The molecule has 1 atom stereocenters. The van der Waals surface area contributed by atoms with Gasteiger partial charge >= 0.3 is 6.18 Å². The van der Waals surface area contributed by atoms with E-state index in [-0.39, 0.29) is 12.5 Å². The maximum atomic E-state index is 12.0.